The number of benzene rings is 1. The number of aldehydes is 1. The van der Waals surface area contributed by atoms with Crippen molar-refractivity contribution < 1.29 is 9.72 Å². The second-order valence-corrected chi connectivity index (χ2v) is 2.98. The van der Waals surface area contributed by atoms with Crippen LogP contribution in [-0.2, 0) is 0 Å². The van der Waals surface area contributed by atoms with Crippen LogP contribution < -0.4 is 0 Å². The first-order valence-electron chi connectivity index (χ1n) is 3.15. The van der Waals surface area contributed by atoms with Gasteiger partial charge in [-0.15, -0.1) is 0 Å². The molecule has 0 atom stereocenters. The Kier molecular flexibility index (Phi) is 2.85. The number of nitro groups is 1. The summed E-state index contributed by atoms with van der Waals surface area (Å²) in [7, 11) is 0. The summed E-state index contributed by atoms with van der Waals surface area (Å²) in [5.74, 6) is 0. The van der Waals surface area contributed by atoms with Crippen LogP contribution in [-0.4, -0.2) is 11.2 Å². The van der Waals surface area contributed by atoms with Crippen LogP contribution >= 0.6 is 23.2 Å². The van der Waals surface area contributed by atoms with Gasteiger partial charge in [-0.2, -0.15) is 0 Å². The zero-order chi connectivity index (χ0) is 10.0. The Bertz CT molecular complexity index is 378. The zero-order valence-electron chi connectivity index (χ0n) is 6.16. The van der Waals surface area contributed by atoms with Crippen molar-refractivity contribution in [3.05, 3.63) is 37.9 Å². The number of nitro benzene ring substituents is 1. The van der Waals surface area contributed by atoms with E-state index in [4.69, 9.17) is 23.2 Å². The Morgan fingerprint density at radius 1 is 1.31 bits per heavy atom. The molecule has 1 rings (SSSR count). The fourth-order valence-corrected chi connectivity index (χ4v) is 1.29. The van der Waals surface area contributed by atoms with Gasteiger partial charge in [0.1, 0.15) is 10.6 Å². The SMILES string of the molecule is O=Cc1c(Cl)ccc(Cl)c1[N+](=O)[O-]. The van der Waals surface area contributed by atoms with Crippen molar-refractivity contribution in [3.8, 4) is 0 Å². The highest BCUT2D eigenvalue weighted by Gasteiger charge is 2.20. The molecule has 0 fully saturated rings. The van der Waals surface area contributed by atoms with Gasteiger partial charge in [0.2, 0.25) is 0 Å². The summed E-state index contributed by atoms with van der Waals surface area (Å²) in [6.07, 6.45) is 0.312. The Balaban J connectivity index is 3.52. The third kappa shape index (κ3) is 1.79. The highest BCUT2D eigenvalue weighted by atomic mass is 35.5. The number of rotatable bonds is 2. The molecule has 1 aromatic rings. The molecule has 4 nitrogen and oxygen atoms in total. The van der Waals surface area contributed by atoms with Gasteiger partial charge in [0.05, 0.1) is 9.95 Å². The average molecular weight is 220 g/mol. The maximum atomic E-state index is 10.5. The smallest absolute Gasteiger partial charge is 0.298 e. The third-order valence-electron chi connectivity index (χ3n) is 1.42. The average Bonchev–Trinajstić information content (AvgIpc) is 2.07. The van der Waals surface area contributed by atoms with Crippen LogP contribution in [0.3, 0.4) is 0 Å². The van der Waals surface area contributed by atoms with E-state index in [0.717, 1.165) is 0 Å². The van der Waals surface area contributed by atoms with Gasteiger partial charge in [-0.1, -0.05) is 23.2 Å². The Morgan fingerprint density at radius 3 is 2.23 bits per heavy atom. The van der Waals surface area contributed by atoms with Gasteiger partial charge in [0, 0.05) is 0 Å². The van der Waals surface area contributed by atoms with Crippen LogP contribution in [0.1, 0.15) is 10.4 Å². The van der Waals surface area contributed by atoms with Crippen molar-refractivity contribution in [2.24, 2.45) is 0 Å². The van der Waals surface area contributed by atoms with E-state index < -0.39 is 10.6 Å². The molecule has 68 valence electrons. The van der Waals surface area contributed by atoms with Gasteiger partial charge in [-0.05, 0) is 12.1 Å². The van der Waals surface area contributed by atoms with E-state index in [9.17, 15) is 14.9 Å². The minimum atomic E-state index is -0.738. The molecule has 0 N–H and O–H groups in total. The van der Waals surface area contributed by atoms with Crippen molar-refractivity contribution in [1.82, 2.24) is 0 Å². The molecule has 0 aliphatic carbocycles. The lowest BCUT2D eigenvalue weighted by molar-refractivity contribution is -0.384. The van der Waals surface area contributed by atoms with Crippen LogP contribution in [0.15, 0.2) is 12.1 Å². The molecule has 13 heavy (non-hydrogen) atoms. The van der Waals surface area contributed by atoms with Gasteiger partial charge in [0.15, 0.2) is 6.29 Å². The summed E-state index contributed by atoms with van der Waals surface area (Å²) >= 11 is 11.1. The van der Waals surface area contributed by atoms with Crippen LogP contribution in [0.4, 0.5) is 5.69 Å². The summed E-state index contributed by atoms with van der Waals surface area (Å²) in [5, 5.41) is 10.4. The van der Waals surface area contributed by atoms with E-state index in [-0.39, 0.29) is 15.6 Å². The topological polar surface area (TPSA) is 60.2 Å². The molecule has 0 saturated heterocycles. The number of nitrogens with zero attached hydrogens (tertiary/aromatic N) is 1. The van der Waals surface area contributed by atoms with Crippen molar-refractivity contribution >= 4 is 35.2 Å². The predicted molar refractivity (Wildman–Crippen MR) is 48.5 cm³/mol. The zero-order valence-corrected chi connectivity index (χ0v) is 7.67. The molecule has 6 heteroatoms. The van der Waals surface area contributed by atoms with Crippen molar-refractivity contribution in [1.29, 1.82) is 0 Å². The van der Waals surface area contributed by atoms with E-state index in [0.29, 0.717) is 6.29 Å². The summed E-state index contributed by atoms with van der Waals surface area (Å²) in [4.78, 5) is 20.2. The summed E-state index contributed by atoms with van der Waals surface area (Å²) < 4.78 is 0. The van der Waals surface area contributed by atoms with E-state index in [2.05, 4.69) is 0 Å². The fourth-order valence-electron chi connectivity index (χ4n) is 0.854. The molecular formula is C7H3Cl2NO3. The number of carbonyl (C=O) groups is 1. The Hall–Kier alpha value is -1.13. The molecule has 0 saturated carbocycles. The van der Waals surface area contributed by atoms with Gasteiger partial charge in [-0.3, -0.25) is 14.9 Å². The van der Waals surface area contributed by atoms with Gasteiger partial charge in [0.25, 0.3) is 5.69 Å². The molecule has 0 unspecified atom stereocenters. The molecule has 1 aromatic carbocycles. The molecular weight excluding hydrogens is 217 g/mol. The first kappa shape index (κ1) is 9.95. The van der Waals surface area contributed by atoms with Gasteiger partial charge in [-0.25, -0.2) is 0 Å². The quantitative estimate of drug-likeness (QED) is 0.437. The lowest BCUT2D eigenvalue weighted by Gasteiger charge is -1.99. The van der Waals surface area contributed by atoms with E-state index in [1.165, 1.54) is 12.1 Å². The monoisotopic (exact) mass is 219 g/mol. The largest absolute Gasteiger partial charge is 0.299 e. The first-order valence-corrected chi connectivity index (χ1v) is 3.91. The van der Waals surface area contributed by atoms with Crippen LogP contribution in [0.25, 0.3) is 0 Å². The van der Waals surface area contributed by atoms with Crippen LogP contribution in [0, 0.1) is 10.1 Å². The molecule has 0 aliphatic rings. The fraction of sp³-hybridized carbons (Fsp3) is 0. The number of carbonyl (C=O) groups excluding carboxylic acids is 1. The summed E-state index contributed by atoms with van der Waals surface area (Å²) in [5.41, 5.74) is -0.650. The summed E-state index contributed by atoms with van der Waals surface area (Å²) in [6, 6.07) is 2.61. The lowest BCUT2D eigenvalue weighted by Crippen LogP contribution is -1.96. The van der Waals surface area contributed by atoms with Crippen LogP contribution in [0.2, 0.25) is 10.0 Å². The maximum Gasteiger partial charge on any atom is 0.299 e. The molecule has 0 aromatic heterocycles. The van der Waals surface area contributed by atoms with Gasteiger partial charge >= 0.3 is 0 Å². The first-order chi connectivity index (χ1) is 6.07. The van der Waals surface area contributed by atoms with Crippen molar-refractivity contribution in [2.75, 3.05) is 0 Å². The predicted octanol–water partition coefficient (Wildman–Crippen LogP) is 2.71. The maximum absolute atomic E-state index is 10.5. The van der Waals surface area contributed by atoms with Crippen LogP contribution in [0.5, 0.6) is 0 Å². The standard InChI is InChI=1S/C7H3Cl2NO3/c8-5-1-2-6(9)7(10(12)13)4(5)3-11/h1-3H. The highest BCUT2D eigenvalue weighted by Crippen LogP contribution is 2.31. The second kappa shape index (κ2) is 3.72. The summed E-state index contributed by atoms with van der Waals surface area (Å²) in [6.45, 7) is 0. The number of halogens is 2. The highest BCUT2D eigenvalue weighted by molar-refractivity contribution is 6.37. The molecule has 0 amide bonds. The third-order valence-corrected chi connectivity index (χ3v) is 2.05. The van der Waals surface area contributed by atoms with Crippen molar-refractivity contribution in [3.63, 3.8) is 0 Å². The number of hydrogen-bond acceptors (Lipinski definition) is 3. The van der Waals surface area contributed by atoms with Crippen molar-refractivity contribution in [2.45, 2.75) is 0 Å². The lowest BCUT2D eigenvalue weighted by atomic mass is 10.2. The van der Waals surface area contributed by atoms with Gasteiger partial charge < -0.3 is 0 Å². The molecule has 0 spiro atoms. The molecule has 0 radical (unpaired) electrons. The molecule has 0 heterocycles. The minimum absolute atomic E-state index is 0.0195. The van der Waals surface area contributed by atoms with E-state index in [1.807, 2.05) is 0 Å². The molecule has 0 bridgehead atoms. The van der Waals surface area contributed by atoms with E-state index >= 15 is 0 Å². The Labute approximate surface area is 83.2 Å². The Morgan fingerprint density at radius 2 is 1.85 bits per heavy atom. The second-order valence-electron chi connectivity index (χ2n) is 2.17. The normalized spacial score (nSPS) is 9.69. The minimum Gasteiger partial charge on any atom is -0.298 e. The number of hydrogen-bond donors (Lipinski definition) is 0. The molecule has 0 aliphatic heterocycles. The van der Waals surface area contributed by atoms with E-state index in [1.54, 1.807) is 0 Å².